The molecule has 1 aromatic heterocycles. The molecular formula is C23H24N6O4. The van der Waals surface area contributed by atoms with Crippen molar-refractivity contribution in [2.24, 2.45) is 5.84 Å². The molecule has 2 heterocycles. The molecule has 0 fully saturated rings. The molecule has 170 valence electrons. The normalized spacial score (nSPS) is 14.7. The first-order valence-corrected chi connectivity index (χ1v) is 10.3. The minimum Gasteiger partial charge on any atom is -0.451 e. The molecule has 10 heteroatoms. The molecule has 1 aliphatic rings. The van der Waals surface area contributed by atoms with E-state index < -0.39 is 17.6 Å². The standard InChI is InChI=1S/C23H24N6O4/c1-23(2)17-10-14(8-9-15(17)21(32)33-23)26-22-25-11-16(20(31)29-24)19(28-22)27-18(12-30)13-6-4-3-5-7-13/h3-11,18,30H,12,24H2,1-2H3,(H,29,31)(H2,25,26,27,28). The van der Waals surface area contributed by atoms with Crippen molar-refractivity contribution >= 4 is 29.3 Å². The molecule has 0 radical (unpaired) electrons. The Morgan fingerprint density at radius 2 is 1.97 bits per heavy atom. The smallest absolute Gasteiger partial charge is 0.339 e. The monoisotopic (exact) mass is 448 g/mol. The molecule has 3 aromatic rings. The van der Waals surface area contributed by atoms with Crippen molar-refractivity contribution in [3.8, 4) is 0 Å². The lowest BCUT2D eigenvalue weighted by atomic mass is 9.95. The quantitative estimate of drug-likeness (QED) is 0.159. The number of cyclic esters (lactones) is 1. The van der Waals surface area contributed by atoms with Crippen molar-refractivity contribution in [2.45, 2.75) is 25.5 Å². The Hall–Kier alpha value is -4.02. The number of rotatable bonds is 7. The maximum absolute atomic E-state index is 12.3. The number of aromatic nitrogens is 2. The fourth-order valence-electron chi connectivity index (χ4n) is 3.65. The SMILES string of the molecule is CC1(C)OC(=O)c2ccc(Nc3ncc(C(=O)NN)c(NC(CO)c4ccccc4)n3)cc21. The number of esters is 1. The van der Waals surface area contributed by atoms with E-state index in [-0.39, 0.29) is 29.9 Å². The first kappa shape index (κ1) is 22.2. The third-order valence-electron chi connectivity index (χ3n) is 5.35. The molecule has 1 unspecified atom stereocenters. The van der Waals surface area contributed by atoms with Crippen LogP contribution < -0.4 is 21.9 Å². The summed E-state index contributed by atoms with van der Waals surface area (Å²) in [5, 5.41) is 16.1. The van der Waals surface area contributed by atoms with Gasteiger partial charge in [-0.25, -0.2) is 15.6 Å². The molecule has 1 amide bonds. The van der Waals surface area contributed by atoms with E-state index in [0.29, 0.717) is 11.3 Å². The van der Waals surface area contributed by atoms with E-state index in [1.54, 1.807) is 18.2 Å². The number of hydrazine groups is 1. The molecule has 0 bridgehead atoms. The number of aliphatic hydroxyl groups is 1. The third kappa shape index (κ3) is 4.47. The van der Waals surface area contributed by atoms with E-state index in [4.69, 9.17) is 10.6 Å². The molecule has 0 spiro atoms. The first-order chi connectivity index (χ1) is 15.8. The van der Waals surface area contributed by atoms with Gasteiger partial charge in [0, 0.05) is 17.4 Å². The van der Waals surface area contributed by atoms with E-state index in [0.717, 1.165) is 11.1 Å². The summed E-state index contributed by atoms with van der Waals surface area (Å²) in [4.78, 5) is 32.9. The van der Waals surface area contributed by atoms with Crippen molar-refractivity contribution < 1.29 is 19.4 Å². The maximum atomic E-state index is 12.3. The number of amides is 1. The Bertz CT molecular complexity index is 1200. The zero-order chi connectivity index (χ0) is 23.6. The van der Waals surface area contributed by atoms with E-state index in [1.165, 1.54) is 6.20 Å². The van der Waals surface area contributed by atoms with Gasteiger partial charge in [0.2, 0.25) is 5.95 Å². The lowest BCUT2D eigenvalue weighted by Gasteiger charge is -2.20. The Morgan fingerprint density at radius 1 is 1.21 bits per heavy atom. The summed E-state index contributed by atoms with van der Waals surface area (Å²) < 4.78 is 5.41. The number of nitrogens with two attached hydrogens (primary N) is 1. The fraction of sp³-hybridized carbons (Fsp3) is 0.217. The number of nitrogens with zero attached hydrogens (tertiary/aromatic N) is 2. The van der Waals surface area contributed by atoms with Crippen LogP contribution in [0.1, 0.15) is 51.7 Å². The minimum absolute atomic E-state index is 0.117. The van der Waals surface area contributed by atoms with Gasteiger partial charge in [0.05, 0.1) is 18.2 Å². The number of fused-ring (bicyclic) bond motifs is 1. The van der Waals surface area contributed by atoms with Gasteiger partial charge < -0.3 is 20.5 Å². The van der Waals surface area contributed by atoms with Crippen molar-refractivity contribution in [1.29, 1.82) is 0 Å². The van der Waals surface area contributed by atoms with Gasteiger partial charge >= 0.3 is 5.97 Å². The number of carbonyl (C=O) groups excluding carboxylic acids is 2. The molecule has 0 saturated heterocycles. The average molecular weight is 448 g/mol. The highest BCUT2D eigenvalue weighted by atomic mass is 16.6. The Labute approximate surface area is 190 Å². The molecular weight excluding hydrogens is 424 g/mol. The number of benzene rings is 2. The number of aliphatic hydroxyl groups excluding tert-OH is 1. The molecule has 1 aliphatic heterocycles. The van der Waals surface area contributed by atoms with Crippen LogP contribution in [0.4, 0.5) is 17.5 Å². The second-order valence-electron chi connectivity index (χ2n) is 8.00. The number of ether oxygens (including phenoxy) is 1. The summed E-state index contributed by atoms with van der Waals surface area (Å²) in [6.45, 7) is 3.41. The van der Waals surface area contributed by atoms with Crippen LogP contribution in [0.5, 0.6) is 0 Å². The van der Waals surface area contributed by atoms with Crippen LogP contribution in [0.15, 0.2) is 54.7 Å². The van der Waals surface area contributed by atoms with Gasteiger partial charge in [0.25, 0.3) is 5.91 Å². The summed E-state index contributed by atoms with van der Waals surface area (Å²) in [6, 6.07) is 14.0. The lowest BCUT2D eigenvalue weighted by molar-refractivity contribution is 0.00953. The van der Waals surface area contributed by atoms with Gasteiger partial charge in [0.15, 0.2) is 0 Å². The number of nitrogens with one attached hydrogen (secondary N) is 3. The lowest BCUT2D eigenvalue weighted by Crippen LogP contribution is -2.31. The van der Waals surface area contributed by atoms with Crippen LogP contribution in [0.2, 0.25) is 0 Å². The van der Waals surface area contributed by atoms with Crippen molar-refractivity contribution in [1.82, 2.24) is 15.4 Å². The number of nitrogen functional groups attached to an aromatic ring is 1. The van der Waals surface area contributed by atoms with Gasteiger partial charge in [-0.15, -0.1) is 0 Å². The Kier molecular flexibility index (Phi) is 5.95. The second-order valence-corrected chi connectivity index (χ2v) is 8.00. The van der Waals surface area contributed by atoms with E-state index in [1.807, 2.05) is 44.2 Å². The fourth-order valence-corrected chi connectivity index (χ4v) is 3.65. The zero-order valence-corrected chi connectivity index (χ0v) is 18.1. The highest BCUT2D eigenvalue weighted by molar-refractivity contribution is 5.98. The predicted molar refractivity (Wildman–Crippen MR) is 122 cm³/mol. The predicted octanol–water partition coefficient (Wildman–Crippen LogP) is 2.37. The molecule has 2 aromatic carbocycles. The third-order valence-corrected chi connectivity index (χ3v) is 5.35. The van der Waals surface area contributed by atoms with Crippen LogP contribution in [-0.2, 0) is 10.3 Å². The number of hydrogen-bond acceptors (Lipinski definition) is 9. The van der Waals surface area contributed by atoms with Crippen LogP contribution in [0.25, 0.3) is 0 Å². The molecule has 0 aliphatic carbocycles. The molecule has 1 atom stereocenters. The van der Waals surface area contributed by atoms with Crippen molar-refractivity contribution in [2.75, 3.05) is 17.2 Å². The van der Waals surface area contributed by atoms with Gasteiger partial charge in [-0.2, -0.15) is 4.98 Å². The highest BCUT2D eigenvalue weighted by Gasteiger charge is 2.37. The average Bonchev–Trinajstić information content (AvgIpc) is 3.05. The summed E-state index contributed by atoms with van der Waals surface area (Å²) in [6.07, 6.45) is 1.34. The van der Waals surface area contributed by atoms with Crippen LogP contribution in [0, 0.1) is 0 Å². The van der Waals surface area contributed by atoms with Gasteiger partial charge in [0.1, 0.15) is 17.0 Å². The maximum Gasteiger partial charge on any atom is 0.339 e. The van der Waals surface area contributed by atoms with Crippen molar-refractivity contribution in [3.63, 3.8) is 0 Å². The Balaban J connectivity index is 1.65. The van der Waals surface area contributed by atoms with Crippen LogP contribution in [0.3, 0.4) is 0 Å². The van der Waals surface area contributed by atoms with E-state index in [2.05, 4.69) is 26.0 Å². The zero-order valence-electron chi connectivity index (χ0n) is 18.1. The number of hydrogen-bond donors (Lipinski definition) is 5. The van der Waals surface area contributed by atoms with Crippen LogP contribution >= 0.6 is 0 Å². The highest BCUT2D eigenvalue weighted by Crippen LogP contribution is 2.37. The first-order valence-electron chi connectivity index (χ1n) is 10.3. The van der Waals surface area contributed by atoms with Crippen molar-refractivity contribution in [3.05, 3.63) is 77.0 Å². The number of carbonyl (C=O) groups is 2. The van der Waals surface area contributed by atoms with E-state index >= 15 is 0 Å². The van der Waals surface area contributed by atoms with Gasteiger partial charge in [-0.3, -0.25) is 10.2 Å². The van der Waals surface area contributed by atoms with Gasteiger partial charge in [-0.1, -0.05) is 30.3 Å². The second kappa shape index (κ2) is 8.85. The summed E-state index contributed by atoms with van der Waals surface area (Å²) >= 11 is 0. The molecule has 33 heavy (non-hydrogen) atoms. The van der Waals surface area contributed by atoms with Crippen LogP contribution in [-0.4, -0.2) is 33.6 Å². The summed E-state index contributed by atoms with van der Waals surface area (Å²) in [5.41, 5.74) is 4.17. The minimum atomic E-state index is -0.745. The summed E-state index contributed by atoms with van der Waals surface area (Å²) in [5.74, 6) is 4.77. The molecule has 10 nitrogen and oxygen atoms in total. The number of anilines is 3. The van der Waals surface area contributed by atoms with Gasteiger partial charge in [-0.05, 0) is 37.6 Å². The topological polar surface area (TPSA) is 151 Å². The van der Waals surface area contributed by atoms with E-state index in [9.17, 15) is 14.7 Å². The molecule has 4 rings (SSSR count). The molecule has 0 saturated carbocycles. The largest absolute Gasteiger partial charge is 0.451 e. The molecule has 6 N–H and O–H groups in total. The summed E-state index contributed by atoms with van der Waals surface area (Å²) in [7, 11) is 0. The Morgan fingerprint density at radius 3 is 2.67 bits per heavy atom.